The van der Waals surface area contributed by atoms with Crippen LogP contribution in [-0.4, -0.2) is 70.7 Å². The maximum Gasteiger partial charge on any atom is 0.210 e. The van der Waals surface area contributed by atoms with Crippen LogP contribution in [0.2, 0.25) is 0 Å². The van der Waals surface area contributed by atoms with Crippen LogP contribution in [0.25, 0.3) is 21.9 Å². The van der Waals surface area contributed by atoms with E-state index in [1.54, 1.807) is 7.11 Å². The number of H-pyrrole nitrogens is 1. The van der Waals surface area contributed by atoms with Gasteiger partial charge >= 0.3 is 0 Å². The van der Waals surface area contributed by atoms with Gasteiger partial charge < -0.3 is 14.6 Å². The lowest BCUT2D eigenvalue weighted by atomic mass is 9.85. The average Bonchev–Trinajstić information content (AvgIpc) is 3.42. The molecule has 3 aromatic heterocycles. The van der Waals surface area contributed by atoms with Gasteiger partial charge in [-0.1, -0.05) is 0 Å². The van der Waals surface area contributed by atoms with E-state index in [9.17, 15) is 4.79 Å². The summed E-state index contributed by atoms with van der Waals surface area (Å²) in [5, 5.41) is 2.32. The third-order valence-corrected chi connectivity index (χ3v) is 6.65. The quantitative estimate of drug-likeness (QED) is 0.675. The first-order valence-electron chi connectivity index (χ1n) is 10.4. The van der Waals surface area contributed by atoms with E-state index in [2.05, 4.69) is 32.0 Å². The van der Waals surface area contributed by atoms with Gasteiger partial charge in [-0.05, 0) is 48.8 Å². The fraction of sp³-hybridized carbons (Fsp3) is 0.500. The number of rotatable bonds is 5. The molecule has 7 nitrogen and oxygen atoms in total. The summed E-state index contributed by atoms with van der Waals surface area (Å²) in [6.45, 7) is 3.61. The number of hydrogen-bond donors (Lipinski definition) is 1. The number of nitrogens with one attached hydrogen (secondary N) is 1. The highest BCUT2D eigenvalue weighted by atomic mass is 16.5. The Balaban J connectivity index is 1.48. The van der Waals surface area contributed by atoms with E-state index in [1.807, 2.05) is 23.5 Å². The molecule has 29 heavy (non-hydrogen) atoms. The molecule has 0 radical (unpaired) electrons. The van der Waals surface area contributed by atoms with Gasteiger partial charge in [-0.25, -0.2) is 9.97 Å². The number of hydrogen-bond acceptors (Lipinski definition) is 5. The molecule has 2 aliphatic heterocycles. The number of fused-ring (bicyclic) bond motifs is 3. The van der Waals surface area contributed by atoms with Crippen LogP contribution in [0, 0.1) is 5.92 Å². The molecule has 3 atom stereocenters. The molecular weight excluding hydrogens is 366 g/mol. The van der Waals surface area contributed by atoms with E-state index in [4.69, 9.17) is 4.74 Å². The summed E-state index contributed by atoms with van der Waals surface area (Å²) in [6, 6.07) is 4.25. The lowest BCUT2D eigenvalue weighted by Crippen LogP contribution is -2.51. The van der Waals surface area contributed by atoms with Crippen molar-refractivity contribution in [2.45, 2.75) is 31.3 Å². The summed E-state index contributed by atoms with van der Waals surface area (Å²) in [7, 11) is 1.77. The van der Waals surface area contributed by atoms with Crippen molar-refractivity contribution in [1.82, 2.24) is 24.8 Å². The van der Waals surface area contributed by atoms with Crippen LogP contribution in [0.1, 0.15) is 30.7 Å². The molecule has 0 spiro atoms. The first-order valence-corrected chi connectivity index (χ1v) is 10.4. The molecule has 2 fully saturated rings. The van der Waals surface area contributed by atoms with Gasteiger partial charge in [0.1, 0.15) is 0 Å². The third kappa shape index (κ3) is 3.28. The Morgan fingerprint density at radius 2 is 2.21 bits per heavy atom. The van der Waals surface area contributed by atoms with Crippen LogP contribution >= 0.6 is 0 Å². The summed E-state index contributed by atoms with van der Waals surface area (Å²) < 4.78 is 5.36. The number of carbonyl (C=O) groups is 1. The van der Waals surface area contributed by atoms with Gasteiger partial charge in [-0.3, -0.25) is 9.69 Å². The van der Waals surface area contributed by atoms with Crippen LogP contribution < -0.4 is 0 Å². The third-order valence-electron chi connectivity index (χ3n) is 6.65. The maximum atomic E-state index is 11.8. The SMILES string of the molecule is COCC1CCN(C2CC(c3cc[nH]c4cnc5nccc5c34)CCN2C=O)C1. The Bertz CT molecular complexity index is 1020. The Hall–Kier alpha value is -2.51. The number of likely N-dealkylation sites (tertiary alicyclic amines) is 2. The molecule has 3 aromatic rings. The van der Waals surface area contributed by atoms with Gasteiger partial charge in [-0.15, -0.1) is 0 Å². The average molecular weight is 393 g/mol. The Morgan fingerprint density at radius 3 is 3.07 bits per heavy atom. The summed E-state index contributed by atoms with van der Waals surface area (Å²) in [6.07, 6.45) is 9.96. The normalized spacial score (nSPS) is 25.8. The summed E-state index contributed by atoms with van der Waals surface area (Å²) in [5.74, 6) is 0.956. The van der Waals surface area contributed by atoms with E-state index in [-0.39, 0.29) is 6.17 Å². The molecular formula is C22H27N5O2. The van der Waals surface area contributed by atoms with Crippen molar-refractivity contribution in [3.8, 4) is 0 Å². The number of nitrogens with zero attached hydrogens (tertiary/aromatic N) is 4. The zero-order chi connectivity index (χ0) is 19.8. The van der Waals surface area contributed by atoms with Crippen LogP contribution in [0.4, 0.5) is 0 Å². The first-order chi connectivity index (χ1) is 14.3. The van der Waals surface area contributed by atoms with Crippen LogP contribution in [0.15, 0.2) is 30.7 Å². The van der Waals surface area contributed by atoms with E-state index in [0.717, 1.165) is 68.5 Å². The minimum Gasteiger partial charge on any atom is -0.384 e. The molecule has 3 unspecified atom stereocenters. The lowest BCUT2D eigenvalue weighted by molar-refractivity contribution is -0.126. The number of aromatic amines is 1. The maximum absolute atomic E-state index is 11.8. The predicted octanol–water partition coefficient (Wildman–Crippen LogP) is 2.74. The van der Waals surface area contributed by atoms with E-state index < -0.39 is 0 Å². The topological polar surface area (TPSA) is 74.3 Å². The molecule has 0 aliphatic carbocycles. The van der Waals surface area contributed by atoms with Crippen LogP contribution in [-0.2, 0) is 9.53 Å². The molecule has 1 amide bonds. The lowest BCUT2D eigenvalue weighted by Gasteiger charge is -2.42. The van der Waals surface area contributed by atoms with E-state index in [0.29, 0.717) is 11.8 Å². The van der Waals surface area contributed by atoms with Gasteiger partial charge in [-0.2, -0.15) is 0 Å². The molecule has 2 saturated heterocycles. The molecule has 7 heteroatoms. The molecule has 2 aliphatic rings. The second-order valence-electron chi connectivity index (χ2n) is 8.31. The Kier molecular flexibility index (Phi) is 4.93. The molecule has 0 saturated carbocycles. The second-order valence-corrected chi connectivity index (χ2v) is 8.31. The van der Waals surface area contributed by atoms with Gasteiger partial charge in [0.05, 0.1) is 24.5 Å². The van der Waals surface area contributed by atoms with Gasteiger partial charge in [0.25, 0.3) is 0 Å². The minimum absolute atomic E-state index is 0.155. The number of aromatic nitrogens is 3. The molecule has 152 valence electrons. The van der Waals surface area contributed by atoms with Crippen LogP contribution in [0.5, 0.6) is 0 Å². The van der Waals surface area contributed by atoms with Crippen molar-refractivity contribution in [2.24, 2.45) is 5.92 Å². The smallest absolute Gasteiger partial charge is 0.210 e. The van der Waals surface area contributed by atoms with Crippen molar-refractivity contribution >= 4 is 28.3 Å². The first kappa shape index (κ1) is 18.5. The molecule has 5 rings (SSSR count). The summed E-state index contributed by atoms with van der Waals surface area (Å²) in [4.78, 5) is 28.4. The monoisotopic (exact) mass is 393 g/mol. The fourth-order valence-electron chi connectivity index (χ4n) is 5.26. The Morgan fingerprint density at radius 1 is 1.28 bits per heavy atom. The fourth-order valence-corrected chi connectivity index (χ4v) is 5.26. The van der Waals surface area contributed by atoms with Gasteiger partial charge in [0.2, 0.25) is 6.41 Å². The zero-order valence-electron chi connectivity index (χ0n) is 16.8. The predicted molar refractivity (Wildman–Crippen MR) is 111 cm³/mol. The molecule has 0 aromatic carbocycles. The molecule has 5 heterocycles. The highest BCUT2D eigenvalue weighted by Gasteiger charge is 2.36. The standard InChI is InChI=1S/C22H27N5O2/c1-29-13-15-4-8-26(12-15)20-10-16(5-9-27(20)14-28)17-2-6-23-19-11-25-22-18(21(17)19)3-7-24-22/h2-3,6-7,11,14-16,20,23H,4-5,8-10,12-13H2,1H3. The largest absolute Gasteiger partial charge is 0.384 e. The van der Waals surface area contributed by atoms with Gasteiger partial charge in [0.15, 0.2) is 5.65 Å². The number of pyridine rings is 2. The molecule has 1 N–H and O–H groups in total. The van der Waals surface area contributed by atoms with Crippen molar-refractivity contribution < 1.29 is 9.53 Å². The molecule has 0 bridgehead atoms. The number of piperidine rings is 1. The summed E-state index contributed by atoms with van der Waals surface area (Å²) in [5.41, 5.74) is 3.17. The number of methoxy groups -OCH3 is 1. The number of amides is 1. The Labute approximate surface area is 170 Å². The highest BCUT2D eigenvalue weighted by molar-refractivity contribution is 6.05. The van der Waals surface area contributed by atoms with Gasteiger partial charge in [0, 0.05) is 49.9 Å². The minimum atomic E-state index is 0.155. The van der Waals surface area contributed by atoms with Crippen molar-refractivity contribution in [2.75, 3.05) is 33.4 Å². The number of ether oxygens (including phenoxy) is 1. The second kappa shape index (κ2) is 7.72. The zero-order valence-corrected chi connectivity index (χ0v) is 16.8. The van der Waals surface area contributed by atoms with E-state index in [1.165, 1.54) is 10.9 Å². The van der Waals surface area contributed by atoms with Crippen molar-refractivity contribution in [3.63, 3.8) is 0 Å². The number of carbonyl (C=O) groups excluding carboxylic acids is 1. The van der Waals surface area contributed by atoms with Crippen molar-refractivity contribution in [3.05, 3.63) is 36.3 Å². The van der Waals surface area contributed by atoms with Crippen molar-refractivity contribution in [1.29, 1.82) is 0 Å². The van der Waals surface area contributed by atoms with Crippen LogP contribution in [0.3, 0.4) is 0 Å². The summed E-state index contributed by atoms with van der Waals surface area (Å²) >= 11 is 0. The highest BCUT2D eigenvalue weighted by Crippen LogP contribution is 2.38. The van der Waals surface area contributed by atoms with E-state index >= 15 is 0 Å².